The normalized spacial score (nSPS) is 22.1. The van der Waals surface area contributed by atoms with Gasteiger partial charge >= 0.3 is 0 Å². The summed E-state index contributed by atoms with van der Waals surface area (Å²) in [5.41, 5.74) is 6.73. The van der Waals surface area contributed by atoms with Gasteiger partial charge in [0.15, 0.2) is 0 Å². The van der Waals surface area contributed by atoms with Crippen LogP contribution in [0.3, 0.4) is 0 Å². The molecule has 0 aromatic carbocycles. The molecule has 0 saturated carbocycles. The SMILES string of the molecule is NC(=NO)C1CCCN(Cc2ccncc2Cl)C1. The maximum atomic E-state index is 8.72. The summed E-state index contributed by atoms with van der Waals surface area (Å²) in [4.78, 5) is 6.24. The Morgan fingerprint density at radius 3 is 3.22 bits per heavy atom. The van der Waals surface area contributed by atoms with Gasteiger partial charge in [-0.3, -0.25) is 9.88 Å². The fourth-order valence-corrected chi connectivity index (χ4v) is 2.47. The summed E-state index contributed by atoms with van der Waals surface area (Å²) in [6.07, 6.45) is 5.41. The molecule has 2 rings (SSSR count). The van der Waals surface area contributed by atoms with Gasteiger partial charge in [-0.1, -0.05) is 16.8 Å². The molecule has 98 valence electrons. The van der Waals surface area contributed by atoms with Gasteiger partial charge in [0.05, 0.1) is 5.02 Å². The number of hydrogen-bond donors (Lipinski definition) is 2. The number of hydrogen-bond acceptors (Lipinski definition) is 4. The zero-order valence-electron chi connectivity index (χ0n) is 10.1. The molecule has 3 N–H and O–H groups in total. The fourth-order valence-electron chi connectivity index (χ4n) is 2.30. The van der Waals surface area contributed by atoms with Crippen LogP contribution >= 0.6 is 11.6 Å². The highest BCUT2D eigenvalue weighted by atomic mass is 35.5. The molecule has 1 aromatic rings. The molecular formula is C12H17ClN4O. The Bertz CT molecular complexity index is 438. The largest absolute Gasteiger partial charge is 0.409 e. The van der Waals surface area contributed by atoms with E-state index in [-0.39, 0.29) is 5.92 Å². The minimum absolute atomic E-state index is 0.129. The van der Waals surface area contributed by atoms with Gasteiger partial charge in [-0.05, 0) is 31.0 Å². The van der Waals surface area contributed by atoms with E-state index >= 15 is 0 Å². The van der Waals surface area contributed by atoms with Crippen LogP contribution in [0.1, 0.15) is 18.4 Å². The maximum Gasteiger partial charge on any atom is 0.143 e. The number of pyridine rings is 1. The molecule has 0 aliphatic carbocycles. The van der Waals surface area contributed by atoms with Gasteiger partial charge < -0.3 is 10.9 Å². The molecule has 2 heterocycles. The van der Waals surface area contributed by atoms with Crippen molar-refractivity contribution in [2.75, 3.05) is 13.1 Å². The standard InChI is InChI=1S/C12H17ClN4O/c13-11-6-15-4-3-9(11)7-17-5-1-2-10(8-17)12(14)16-18/h3-4,6,10,18H,1-2,5,7-8H2,(H2,14,16). The van der Waals surface area contributed by atoms with Crippen LogP contribution in [0.2, 0.25) is 5.02 Å². The van der Waals surface area contributed by atoms with Gasteiger partial charge in [0.1, 0.15) is 5.84 Å². The number of aromatic nitrogens is 1. The van der Waals surface area contributed by atoms with E-state index in [4.69, 9.17) is 22.5 Å². The first-order valence-corrected chi connectivity index (χ1v) is 6.36. The first-order valence-electron chi connectivity index (χ1n) is 5.99. The molecule has 5 nitrogen and oxygen atoms in total. The van der Waals surface area contributed by atoms with Crippen LogP contribution in [-0.4, -0.2) is 34.0 Å². The number of nitrogens with zero attached hydrogens (tertiary/aromatic N) is 3. The number of nitrogens with two attached hydrogens (primary N) is 1. The second-order valence-electron chi connectivity index (χ2n) is 4.57. The molecule has 0 radical (unpaired) electrons. The van der Waals surface area contributed by atoms with Crippen LogP contribution in [-0.2, 0) is 6.54 Å². The minimum atomic E-state index is 0.129. The second-order valence-corrected chi connectivity index (χ2v) is 4.97. The zero-order chi connectivity index (χ0) is 13.0. The summed E-state index contributed by atoms with van der Waals surface area (Å²) >= 11 is 6.09. The Hall–Kier alpha value is -1.33. The Kier molecular flexibility index (Phi) is 4.38. The van der Waals surface area contributed by atoms with E-state index in [9.17, 15) is 0 Å². The molecule has 18 heavy (non-hydrogen) atoms. The molecule has 1 aliphatic rings. The van der Waals surface area contributed by atoms with Crippen molar-refractivity contribution in [1.82, 2.24) is 9.88 Å². The zero-order valence-corrected chi connectivity index (χ0v) is 10.8. The van der Waals surface area contributed by atoms with Crippen LogP contribution in [0, 0.1) is 5.92 Å². The summed E-state index contributed by atoms with van der Waals surface area (Å²) in [5, 5.41) is 12.5. The van der Waals surface area contributed by atoms with E-state index < -0.39 is 0 Å². The van der Waals surface area contributed by atoms with Crippen molar-refractivity contribution in [1.29, 1.82) is 0 Å². The van der Waals surface area contributed by atoms with Gasteiger partial charge in [0.25, 0.3) is 0 Å². The van der Waals surface area contributed by atoms with E-state index in [1.807, 2.05) is 6.07 Å². The van der Waals surface area contributed by atoms with Crippen molar-refractivity contribution in [2.24, 2.45) is 16.8 Å². The number of likely N-dealkylation sites (tertiary alicyclic amines) is 1. The van der Waals surface area contributed by atoms with Crippen LogP contribution in [0.5, 0.6) is 0 Å². The highest BCUT2D eigenvalue weighted by molar-refractivity contribution is 6.31. The van der Waals surface area contributed by atoms with Crippen molar-refractivity contribution in [3.05, 3.63) is 29.0 Å². The Balaban J connectivity index is 2.00. The van der Waals surface area contributed by atoms with Gasteiger partial charge in [0, 0.05) is 31.4 Å². The average Bonchev–Trinajstić information content (AvgIpc) is 2.41. The number of amidine groups is 1. The van der Waals surface area contributed by atoms with E-state index in [0.29, 0.717) is 10.9 Å². The number of oxime groups is 1. The van der Waals surface area contributed by atoms with Crippen LogP contribution < -0.4 is 5.73 Å². The van der Waals surface area contributed by atoms with Gasteiger partial charge in [-0.25, -0.2) is 0 Å². The van der Waals surface area contributed by atoms with Crippen molar-refractivity contribution < 1.29 is 5.21 Å². The molecule has 1 atom stereocenters. The molecule has 1 saturated heterocycles. The quantitative estimate of drug-likeness (QED) is 0.379. The average molecular weight is 269 g/mol. The lowest BCUT2D eigenvalue weighted by Gasteiger charge is -2.32. The smallest absolute Gasteiger partial charge is 0.143 e. The Morgan fingerprint density at radius 2 is 2.50 bits per heavy atom. The molecular weight excluding hydrogens is 252 g/mol. The third kappa shape index (κ3) is 3.11. The third-order valence-corrected chi connectivity index (χ3v) is 3.63. The van der Waals surface area contributed by atoms with Crippen molar-refractivity contribution in [3.63, 3.8) is 0 Å². The summed E-state index contributed by atoms with van der Waals surface area (Å²) in [7, 11) is 0. The first kappa shape index (κ1) is 13.1. The Morgan fingerprint density at radius 1 is 1.67 bits per heavy atom. The molecule has 0 amide bonds. The van der Waals surface area contributed by atoms with Gasteiger partial charge in [0.2, 0.25) is 0 Å². The minimum Gasteiger partial charge on any atom is -0.409 e. The summed E-state index contributed by atoms with van der Waals surface area (Å²) in [5.74, 6) is 0.449. The molecule has 1 unspecified atom stereocenters. The van der Waals surface area contributed by atoms with E-state index in [1.54, 1.807) is 12.4 Å². The number of piperidine rings is 1. The predicted octanol–water partition coefficient (Wildman–Crippen LogP) is 1.69. The summed E-state index contributed by atoms with van der Waals surface area (Å²) in [6.45, 7) is 2.58. The number of halogens is 1. The van der Waals surface area contributed by atoms with Crippen LogP contribution in [0.25, 0.3) is 0 Å². The molecule has 0 bridgehead atoms. The molecule has 1 aliphatic heterocycles. The Labute approximate surface area is 111 Å². The van der Waals surface area contributed by atoms with Crippen molar-refractivity contribution in [2.45, 2.75) is 19.4 Å². The van der Waals surface area contributed by atoms with Crippen molar-refractivity contribution in [3.8, 4) is 0 Å². The van der Waals surface area contributed by atoms with Crippen molar-refractivity contribution >= 4 is 17.4 Å². The lowest BCUT2D eigenvalue weighted by atomic mass is 9.97. The topological polar surface area (TPSA) is 74.7 Å². The van der Waals surface area contributed by atoms with E-state index in [0.717, 1.165) is 38.0 Å². The first-order chi connectivity index (χ1) is 8.70. The fraction of sp³-hybridized carbons (Fsp3) is 0.500. The predicted molar refractivity (Wildman–Crippen MR) is 70.7 cm³/mol. The molecule has 0 spiro atoms. The van der Waals surface area contributed by atoms with Crippen LogP contribution in [0.15, 0.2) is 23.6 Å². The third-order valence-electron chi connectivity index (χ3n) is 3.29. The van der Waals surface area contributed by atoms with Gasteiger partial charge in [-0.2, -0.15) is 0 Å². The maximum absolute atomic E-state index is 8.72. The second kappa shape index (κ2) is 6.02. The molecule has 1 aromatic heterocycles. The summed E-state index contributed by atoms with van der Waals surface area (Å²) < 4.78 is 0. The summed E-state index contributed by atoms with van der Waals surface area (Å²) in [6, 6.07) is 1.93. The van der Waals surface area contributed by atoms with E-state index in [1.165, 1.54) is 0 Å². The lowest BCUT2D eigenvalue weighted by Crippen LogP contribution is -2.40. The highest BCUT2D eigenvalue weighted by Crippen LogP contribution is 2.21. The lowest BCUT2D eigenvalue weighted by molar-refractivity contribution is 0.193. The van der Waals surface area contributed by atoms with Gasteiger partial charge in [-0.15, -0.1) is 0 Å². The number of rotatable bonds is 3. The van der Waals surface area contributed by atoms with E-state index in [2.05, 4.69) is 15.0 Å². The highest BCUT2D eigenvalue weighted by Gasteiger charge is 2.23. The van der Waals surface area contributed by atoms with Crippen LogP contribution in [0.4, 0.5) is 0 Å². The molecule has 6 heteroatoms. The monoisotopic (exact) mass is 268 g/mol. The molecule has 1 fully saturated rings.